The van der Waals surface area contributed by atoms with Gasteiger partial charge in [-0.3, -0.25) is 10.1 Å². The molecule has 2 aromatic carbocycles. The third-order valence-corrected chi connectivity index (χ3v) is 4.81. The van der Waals surface area contributed by atoms with E-state index in [0.29, 0.717) is 18.5 Å². The molecule has 0 saturated carbocycles. The topological polar surface area (TPSA) is 108 Å². The molecule has 0 fully saturated rings. The summed E-state index contributed by atoms with van der Waals surface area (Å²) < 4.78 is 0. The predicted octanol–water partition coefficient (Wildman–Crippen LogP) is 3.53. The molecule has 0 radical (unpaired) electrons. The molecule has 7 heteroatoms. The van der Waals surface area contributed by atoms with Crippen LogP contribution in [0.1, 0.15) is 36.8 Å². The molecule has 0 aliphatic carbocycles. The van der Waals surface area contributed by atoms with E-state index in [1.54, 1.807) is 0 Å². The minimum absolute atomic E-state index is 0.452. The van der Waals surface area contributed by atoms with Crippen molar-refractivity contribution in [2.45, 2.75) is 38.5 Å². The first-order valence-electron chi connectivity index (χ1n) is 10.2. The van der Waals surface area contributed by atoms with Crippen molar-refractivity contribution in [3.05, 3.63) is 63.7 Å². The number of benzene rings is 2. The lowest BCUT2D eigenvalue weighted by Gasteiger charge is -2.07. The molecule has 2 rings (SSSR count). The van der Waals surface area contributed by atoms with Gasteiger partial charge in [0.05, 0.1) is 4.92 Å². The van der Waals surface area contributed by atoms with E-state index in [4.69, 9.17) is 0 Å². The van der Waals surface area contributed by atoms with E-state index in [1.165, 1.54) is 37.0 Å². The second-order valence-corrected chi connectivity index (χ2v) is 7.14. The first kappa shape index (κ1) is 22.6. The Balaban J connectivity index is 1.46. The van der Waals surface area contributed by atoms with Crippen LogP contribution in [-0.2, 0) is 12.8 Å². The summed E-state index contributed by atoms with van der Waals surface area (Å²) in [6.45, 7) is 3.62. The van der Waals surface area contributed by atoms with Gasteiger partial charge in [-0.1, -0.05) is 43.2 Å². The number of phenolic OH excluding ortho intramolecular Hbond substituents is 2. The SMILES string of the molecule is O=[N+]([O-])c1cc(CCNCCCCCCNCCc2ccccc2)cc(O)c1O. The van der Waals surface area contributed by atoms with Crippen LogP contribution in [0.3, 0.4) is 0 Å². The van der Waals surface area contributed by atoms with Crippen LogP contribution < -0.4 is 10.6 Å². The van der Waals surface area contributed by atoms with Crippen LogP contribution in [0.2, 0.25) is 0 Å². The van der Waals surface area contributed by atoms with E-state index >= 15 is 0 Å². The van der Waals surface area contributed by atoms with Crippen LogP contribution >= 0.6 is 0 Å². The molecule has 0 aromatic heterocycles. The molecule has 0 bridgehead atoms. The summed E-state index contributed by atoms with van der Waals surface area (Å²) in [5, 5.41) is 36.7. The smallest absolute Gasteiger partial charge is 0.314 e. The maximum Gasteiger partial charge on any atom is 0.314 e. The highest BCUT2D eigenvalue weighted by molar-refractivity contribution is 5.56. The Hall–Kier alpha value is -2.64. The minimum Gasteiger partial charge on any atom is -0.504 e. The summed E-state index contributed by atoms with van der Waals surface area (Å²) in [5.41, 5.74) is 1.53. The Morgan fingerprint density at radius 2 is 1.38 bits per heavy atom. The van der Waals surface area contributed by atoms with Crippen LogP contribution in [0.15, 0.2) is 42.5 Å². The van der Waals surface area contributed by atoms with Gasteiger partial charge in [0.25, 0.3) is 0 Å². The summed E-state index contributed by atoms with van der Waals surface area (Å²) in [6.07, 6.45) is 6.24. The molecule has 0 amide bonds. The zero-order valence-corrected chi connectivity index (χ0v) is 16.8. The Kier molecular flexibility index (Phi) is 9.95. The van der Waals surface area contributed by atoms with Crippen LogP contribution in [-0.4, -0.2) is 41.3 Å². The fourth-order valence-electron chi connectivity index (χ4n) is 3.16. The van der Waals surface area contributed by atoms with Crippen molar-refractivity contribution in [1.29, 1.82) is 0 Å². The Labute approximate surface area is 171 Å². The molecule has 29 heavy (non-hydrogen) atoms. The van der Waals surface area contributed by atoms with Crippen molar-refractivity contribution in [2.75, 3.05) is 26.2 Å². The van der Waals surface area contributed by atoms with E-state index in [2.05, 4.69) is 34.9 Å². The van der Waals surface area contributed by atoms with Crippen molar-refractivity contribution in [3.63, 3.8) is 0 Å². The molecule has 0 atom stereocenters. The van der Waals surface area contributed by atoms with E-state index in [1.807, 2.05) is 6.07 Å². The first-order valence-corrected chi connectivity index (χ1v) is 10.2. The van der Waals surface area contributed by atoms with E-state index in [0.717, 1.165) is 32.5 Å². The van der Waals surface area contributed by atoms with Crippen molar-refractivity contribution >= 4 is 5.69 Å². The normalized spacial score (nSPS) is 10.9. The van der Waals surface area contributed by atoms with Crippen molar-refractivity contribution in [2.24, 2.45) is 0 Å². The van der Waals surface area contributed by atoms with Crippen LogP contribution in [0.5, 0.6) is 11.5 Å². The number of phenols is 2. The molecule has 0 aliphatic heterocycles. The molecule has 0 saturated heterocycles. The number of nitro benzene ring substituents is 1. The highest BCUT2D eigenvalue weighted by Crippen LogP contribution is 2.36. The van der Waals surface area contributed by atoms with Crippen molar-refractivity contribution in [3.8, 4) is 11.5 Å². The molecule has 0 heterocycles. The average Bonchev–Trinajstić information content (AvgIpc) is 2.71. The van der Waals surface area contributed by atoms with Gasteiger partial charge in [0, 0.05) is 6.07 Å². The quantitative estimate of drug-likeness (QED) is 0.167. The number of unbranched alkanes of at least 4 members (excludes halogenated alkanes) is 3. The van der Waals surface area contributed by atoms with Crippen LogP contribution in [0.4, 0.5) is 5.69 Å². The second-order valence-electron chi connectivity index (χ2n) is 7.14. The van der Waals surface area contributed by atoms with Gasteiger partial charge in [-0.25, -0.2) is 0 Å². The number of hydrogen-bond donors (Lipinski definition) is 4. The minimum atomic E-state index is -0.692. The highest BCUT2D eigenvalue weighted by atomic mass is 16.6. The van der Waals surface area contributed by atoms with Gasteiger partial charge < -0.3 is 20.8 Å². The lowest BCUT2D eigenvalue weighted by molar-refractivity contribution is -0.386. The van der Waals surface area contributed by atoms with Gasteiger partial charge in [-0.05, 0) is 69.1 Å². The molecular weight excluding hydrogens is 370 g/mol. The number of hydrogen-bond acceptors (Lipinski definition) is 6. The average molecular weight is 402 g/mol. The molecule has 0 aliphatic rings. The highest BCUT2D eigenvalue weighted by Gasteiger charge is 2.18. The third-order valence-electron chi connectivity index (χ3n) is 4.81. The van der Waals surface area contributed by atoms with Gasteiger partial charge in [0.2, 0.25) is 5.75 Å². The fraction of sp³-hybridized carbons (Fsp3) is 0.455. The Morgan fingerprint density at radius 1 is 0.793 bits per heavy atom. The summed E-state index contributed by atoms with van der Waals surface area (Å²) in [4.78, 5) is 10.2. The van der Waals surface area contributed by atoms with Crippen LogP contribution in [0.25, 0.3) is 0 Å². The van der Waals surface area contributed by atoms with Gasteiger partial charge in [0.1, 0.15) is 0 Å². The van der Waals surface area contributed by atoms with Crippen molar-refractivity contribution in [1.82, 2.24) is 10.6 Å². The number of nitrogens with one attached hydrogen (secondary N) is 2. The van der Waals surface area contributed by atoms with Gasteiger partial charge in [-0.2, -0.15) is 0 Å². The first-order chi connectivity index (χ1) is 14.1. The lowest BCUT2D eigenvalue weighted by Crippen LogP contribution is -2.19. The number of aromatic hydroxyl groups is 2. The second kappa shape index (κ2) is 12.7. The largest absolute Gasteiger partial charge is 0.504 e. The Morgan fingerprint density at radius 3 is 1.97 bits per heavy atom. The van der Waals surface area contributed by atoms with E-state index < -0.39 is 22.1 Å². The monoisotopic (exact) mass is 401 g/mol. The molecule has 158 valence electrons. The predicted molar refractivity (Wildman–Crippen MR) is 114 cm³/mol. The third kappa shape index (κ3) is 8.50. The van der Waals surface area contributed by atoms with Gasteiger partial charge in [0.15, 0.2) is 5.75 Å². The van der Waals surface area contributed by atoms with Crippen molar-refractivity contribution < 1.29 is 15.1 Å². The molecule has 7 nitrogen and oxygen atoms in total. The van der Waals surface area contributed by atoms with E-state index in [-0.39, 0.29) is 0 Å². The Bertz CT molecular complexity index is 753. The number of nitro groups is 1. The summed E-state index contributed by atoms with van der Waals surface area (Å²) in [6, 6.07) is 13.2. The molecule has 0 unspecified atom stereocenters. The summed E-state index contributed by atoms with van der Waals surface area (Å²) in [5.74, 6) is -1.13. The molecule has 4 N–H and O–H groups in total. The zero-order chi connectivity index (χ0) is 20.9. The summed E-state index contributed by atoms with van der Waals surface area (Å²) >= 11 is 0. The van der Waals surface area contributed by atoms with Gasteiger partial charge in [-0.15, -0.1) is 0 Å². The number of rotatable bonds is 14. The van der Waals surface area contributed by atoms with Crippen LogP contribution in [0, 0.1) is 10.1 Å². The summed E-state index contributed by atoms with van der Waals surface area (Å²) in [7, 11) is 0. The zero-order valence-electron chi connectivity index (χ0n) is 16.8. The standard InChI is InChI=1S/C22H31N3O4/c26-21-17-19(16-20(22(21)27)25(28)29)11-15-24-13-7-2-1-6-12-23-14-10-18-8-4-3-5-9-18/h3-5,8-9,16-17,23-24,26-27H,1-2,6-7,10-15H2. The fourth-order valence-corrected chi connectivity index (χ4v) is 3.16. The van der Waals surface area contributed by atoms with Gasteiger partial charge >= 0.3 is 5.69 Å². The maximum atomic E-state index is 10.9. The maximum absolute atomic E-state index is 10.9. The number of nitrogens with zero attached hydrogens (tertiary/aromatic N) is 1. The molecule has 2 aromatic rings. The molecular formula is C22H31N3O4. The molecule has 0 spiro atoms. The van der Waals surface area contributed by atoms with E-state index in [9.17, 15) is 20.3 Å². The lowest BCUT2D eigenvalue weighted by atomic mass is 10.1.